The topological polar surface area (TPSA) is 94.1 Å². The Balaban J connectivity index is 1.87. The van der Waals surface area contributed by atoms with E-state index in [1.807, 2.05) is 62.4 Å². The number of ether oxygens (including phenoxy) is 1. The van der Waals surface area contributed by atoms with E-state index in [2.05, 4.69) is 20.5 Å². The molecule has 0 saturated heterocycles. The Labute approximate surface area is 179 Å². The molecule has 2 aromatic carbocycles. The van der Waals surface area contributed by atoms with Crippen LogP contribution < -0.4 is 5.32 Å². The molecule has 8 heteroatoms. The van der Waals surface area contributed by atoms with Gasteiger partial charge >= 0.3 is 6.09 Å². The first-order valence-corrected chi connectivity index (χ1v) is 10.4. The maximum absolute atomic E-state index is 11.9. The number of carbonyl (C=O) groups excluding carboxylic acids is 2. The van der Waals surface area contributed by atoms with Crippen molar-refractivity contribution in [3.8, 4) is 22.5 Å². The number of imide groups is 1. The van der Waals surface area contributed by atoms with Crippen molar-refractivity contribution in [2.45, 2.75) is 25.9 Å². The van der Waals surface area contributed by atoms with Crippen molar-refractivity contribution in [3.05, 3.63) is 59.7 Å². The van der Waals surface area contributed by atoms with E-state index in [0.29, 0.717) is 16.5 Å². The van der Waals surface area contributed by atoms with Crippen LogP contribution in [0.3, 0.4) is 0 Å². The van der Waals surface area contributed by atoms with Crippen LogP contribution in [0.4, 0.5) is 4.79 Å². The molecule has 30 heavy (non-hydrogen) atoms. The Morgan fingerprint density at radius 2 is 1.47 bits per heavy atom. The Hall–Kier alpha value is -3.26. The number of benzene rings is 2. The molecule has 1 aromatic heterocycles. The van der Waals surface area contributed by atoms with Crippen molar-refractivity contribution < 1.29 is 14.3 Å². The lowest BCUT2D eigenvalue weighted by Crippen LogP contribution is -2.32. The van der Waals surface area contributed by atoms with Crippen molar-refractivity contribution in [1.29, 1.82) is 0 Å². The van der Waals surface area contributed by atoms with Crippen molar-refractivity contribution >= 4 is 23.8 Å². The molecular formula is C22H22N4O3S. The van der Waals surface area contributed by atoms with Crippen LogP contribution >= 0.6 is 11.8 Å². The monoisotopic (exact) mass is 422 g/mol. The van der Waals surface area contributed by atoms with Crippen LogP contribution in [-0.4, -0.2) is 39.5 Å². The Bertz CT molecular complexity index is 1040. The number of aryl methyl sites for hydroxylation is 2. The number of hydrogen-bond acceptors (Lipinski definition) is 7. The SMILES string of the molecule is CCOC(=O)NC(=O)CSc1nnc(-c2ccc(C)cc2)c(-c2ccc(C)cc2)n1. The van der Waals surface area contributed by atoms with Gasteiger partial charge in [0.25, 0.3) is 0 Å². The van der Waals surface area contributed by atoms with Crippen LogP contribution in [0.5, 0.6) is 0 Å². The standard InChI is InChI=1S/C22H22N4O3S/c1-4-29-22(28)23-18(27)13-30-21-24-19(16-9-5-14(2)6-10-16)20(25-26-21)17-11-7-15(3)8-12-17/h5-12H,4,13H2,1-3H3,(H,23,27,28). The van der Waals surface area contributed by atoms with Gasteiger partial charge in [-0.2, -0.15) is 0 Å². The van der Waals surface area contributed by atoms with Gasteiger partial charge in [0.1, 0.15) is 11.4 Å². The maximum Gasteiger partial charge on any atom is 0.413 e. The van der Waals surface area contributed by atoms with Crippen LogP contribution in [0.25, 0.3) is 22.5 Å². The van der Waals surface area contributed by atoms with Gasteiger partial charge in [-0.3, -0.25) is 10.1 Å². The average molecular weight is 423 g/mol. The predicted octanol–water partition coefficient (Wildman–Crippen LogP) is 4.19. The highest BCUT2D eigenvalue weighted by Crippen LogP contribution is 2.30. The lowest BCUT2D eigenvalue weighted by atomic mass is 10.0. The van der Waals surface area contributed by atoms with Crippen molar-refractivity contribution in [2.24, 2.45) is 0 Å². The lowest BCUT2D eigenvalue weighted by Gasteiger charge is -2.10. The summed E-state index contributed by atoms with van der Waals surface area (Å²) in [7, 11) is 0. The highest BCUT2D eigenvalue weighted by molar-refractivity contribution is 7.99. The van der Waals surface area contributed by atoms with E-state index in [9.17, 15) is 9.59 Å². The summed E-state index contributed by atoms with van der Waals surface area (Å²) >= 11 is 1.10. The summed E-state index contributed by atoms with van der Waals surface area (Å²) in [6.45, 7) is 5.90. The number of thioether (sulfide) groups is 1. The molecule has 0 radical (unpaired) electrons. The van der Waals surface area contributed by atoms with E-state index in [-0.39, 0.29) is 12.4 Å². The zero-order valence-corrected chi connectivity index (χ0v) is 17.8. The quantitative estimate of drug-likeness (QED) is 0.595. The predicted molar refractivity (Wildman–Crippen MR) is 116 cm³/mol. The van der Waals surface area contributed by atoms with E-state index in [0.717, 1.165) is 34.0 Å². The fourth-order valence-electron chi connectivity index (χ4n) is 2.64. The first-order valence-electron chi connectivity index (χ1n) is 9.44. The minimum atomic E-state index is -0.766. The molecule has 0 aliphatic heterocycles. The summed E-state index contributed by atoms with van der Waals surface area (Å²) in [5.74, 6) is -0.515. The largest absolute Gasteiger partial charge is 0.450 e. The van der Waals surface area contributed by atoms with Crippen LogP contribution in [0.2, 0.25) is 0 Å². The molecule has 7 nitrogen and oxygen atoms in total. The molecule has 0 fully saturated rings. The molecule has 0 unspecified atom stereocenters. The third-order valence-electron chi connectivity index (χ3n) is 4.17. The number of nitrogens with zero attached hydrogens (tertiary/aromatic N) is 3. The molecule has 0 spiro atoms. The van der Waals surface area contributed by atoms with E-state index in [1.165, 1.54) is 0 Å². The number of hydrogen-bond donors (Lipinski definition) is 1. The van der Waals surface area contributed by atoms with Crippen molar-refractivity contribution in [3.63, 3.8) is 0 Å². The Kier molecular flexibility index (Phi) is 7.13. The number of aromatic nitrogens is 3. The minimum Gasteiger partial charge on any atom is -0.450 e. The lowest BCUT2D eigenvalue weighted by molar-refractivity contribution is -0.117. The van der Waals surface area contributed by atoms with Crippen molar-refractivity contribution in [1.82, 2.24) is 20.5 Å². The fraction of sp³-hybridized carbons (Fsp3) is 0.227. The van der Waals surface area contributed by atoms with E-state index in [4.69, 9.17) is 4.74 Å². The van der Waals surface area contributed by atoms with Gasteiger partial charge in [0, 0.05) is 11.1 Å². The van der Waals surface area contributed by atoms with Gasteiger partial charge < -0.3 is 4.74 Å². The van der Waals surface area contributed by atoms with Gasteiger partial charge in [0.15, 0.2) is 0 Å². The molecule has 1 heterocycles. The second-order valence-corrected chi connectivity index (χ2v) is 7.52. The number of amides is 2. The van der Waals surface area contributed by atoms with Crippen LogP contribution in [0.15, 0.2) is 53.7 Å². The smallest absolute Gasteiger partial charge is 0.413 e. The van der Waals surface area contributed by atoms with E-state index < -0.39 is 12.0 Å². The van der Waals surface area contributed by atoms with Gasteiger partial charge in [0.05, 0.1) is 12.4 Å². The summed E-state index contributed by atoms with van der Waals surface area (Å²) in [6.07, 6.45) is -0.766. The van der Waals surface area contributed by atoms with E-state index in [1.54, 1.807) is 6.92 Å². The summed E-state index contributed by atoms with van der Waals surface area (Å²) in [4.78, 5) is 27.9. The summed E-state index contributed by atoms with van der Waals surface area (Å²) in [5.41, 5.74) is 5.46. The third-order valence-corrected chi connectivity index (χ3v) is 5.00. The first kappa shape index (κ1) is 21.4. The third kappa shape index (κ3) is 5.64. The second-order valence-electron chi connectivity index (χ2n) is 6.58. The van der Waals surface area contributed by atoms with Crippen LogP contribution in [0, 0.1) is 13.8 Å². The van der Waals surface area contributed by atoms with Gasteiger partial charge in [-0.1, -0.05) is 71.4 Å². The van der Waals surface area contributed by atoms with Gasteiger partial charge in [0.2, 0.25) is 11.1 Å². The number of nitrogens with one attached hydrogen (secondary N) is 1. The molecule has 3 aromatic rings. The Morgan fingerprint density at radius 1 is 0.900 bits per heavy atom. The first-order chi connectivity index (χ1) is 14.5. The second kappa shape index (κ2) is 9.98. The summed E-state index contributed by atoms with van der Waals surface area (Å²) in [6, 6.07) is 16.0. The summed E-state index contributed by atoms with van der Waals surface area (Å²) < 4.78 is 4.70. The van der Waals surface area contributed by atoms with Gasteiger partial charge in [-0.15, -0.1) is 10.2 Å². The maximum atomic E-state index is 11.9. The molecule has 1 N–H and O–H groups in total. The average Bonchev–Trinajstić information content (AvgIpc) is 2.73. The number of rotatable bonds is 6. The van der Waals surface area contributed by atoms with Crippen LogP contribution in [-0.2, 0) is 9.53 Å². The molecule has 0 bridgehead atoms. The minimum absolute atomic E-state index is 0.0300. The highest BCUT2D eigenvalue weighted by atomic mass is 32.2. The molecule has 0 aliphatic carbocycles. The zero-order chi connectivity index (χ0) is 21.5. The van der Waals surface area contributed by atoms with Crippen molar-refractivity contribution in [2.75, 3.05) is 12.4 Å². The molecule has 2 amide bonds. The molecule has 0 atom stereocenters. The number of carbonyl (C=O) groups is 2. The fourth-order valence-corrected chi connectivity index (χ4v) is 3.22. The molecule has 0 aliphatic rings. The summed E-state index contributed by atoms with van der Waals surface area (Å²) in [5, 5.41) is 11.1. The van der Waals surface area contributed by atoms with Gasteiger partial charge in [-0.05, 0) is 20.8 Å². The zero-order valence-electron chi connectivity index (χ0n) is 17.0. The molecular weight excluding hydrogens is 400 g/mol. The van der Waals surface area contributed by atoms with E-state index >= 15 is 0 Å². The molecule has 3 rings (SSSR count). The molecule has 0 saturated carbocycles. The highest BCUT2D eigenvalue weighted by Gasteiger charge is 2.15. The Morgan fingerprint density at radius 3 is 2.03 bits per heavy atom. The molecule has 154 valence electrons. The van der Waals surface area contributed by atoms with Gasteiger partial charge in [-0.25, -0.2) is 9.78 Å². The number of alkyl carbamates (subject to hydrolysis) is 1. The van der Waals surface area contributed by atoms with Crippen LogP contribution in [0.1, 0.15) is 18.1 Å². The normalized spacial score (nSPS) is 10.5.